The van der Waals surface area contributed by atoms with E-state index in [4.69, 9.17) is 0 Å². The van der Waals surface area contributed by atoms with Gasteiger partial charge in [0.2, 0.25) is 0 Å². The summed E-state index contributed by atoms with van der Waals surface area (Å²) in [4.78, 5) is 7.02. The van der Waals surface area contributed by atoms with E-state index in [1.807, 2.05) is 24.9 Å². The van der Waals surface area contributed by atoms with Crippen LogP contribution in [0, 0.1) is 13.8 Å². The minimum atomic E-state index is 0.418. The first-order chi connectivity index (χ1) is 11.0. The molecular weight excluding hydrogens is 284 g/mol. The van der Waals surface area contributed by atoms with Crippen LogP contribution in [0.1, 0.15) is 30.7 Å². The fraction of sp³-hybridized carbons (Fsp3) is 0.368. The van der Waals surface area contributed by atoms with Crippen LogP contribution < -0.4 is 4.90 Å². The summed E-state index contributed by atoms with van der Waals surface area (Å²) in [5.74, 6) is 0. The fourth-order valence-corrected chi connectivity index (χ4v) is 3.07. The highest BCUT2D eigenvalue weighted by molar-refractivity contribution is 5.78. The summed E-state index contributed by atoms with van der Waals surface area (Å²) in [7, 11) is 1.94. The molecule has 2 aromatic heterocycles. The molecule has 0 saturated heterocycles. The van der Waals surface area contributed by atoms with E-state index >= 15 is 0 Å². The standard InChI is InChI=1S/C19H24N4/c1-13(2)23(18-9-7-6-8-14(18)3)12-16-10-17-15(4)21-22(5)19(17)20-11-16/h6-11,13H,12H2,1-5H3. The van der Waals surface area contributed by atoms with Crippen LogP contribution in [0.2, 0.25) is 0 Å². The lowest BCUT2D eigenvalue weighted by atomic mass is 10.1. The van der Waals surface area contributed by atoms with Crippen molar-refractivity contribution in [2.45, 2.75) is 40.3 Å². The third-order valence-electron chi connectivity index (χ3n) is 4.32. The van der Waals surface area contributed by atoms with Crippen LogP contribution >= 0.6 is 0 Å². The van der Waals surface area contributed by atoms with Crippen molar-refractivity contribution in [3.8, 4) is 0 Å². The van der Waals surface area contributed by atoms with Crippen LogP contribution in [0.5, 0.6) is 0 Å². The van der Waals surface area contributed by atoms with E-state index < -0.39 is 0 Å². The molecule has 120 valence electrons. The summed E-state index contributed by atoms with van der Waals surface area (Å²) >= 11 is 0. The topological polar surface area (TPSA) is 34.0 Å². The highest BCUT2D eigenvalue weighted by Crippen LogP contribution is 2.25. The first-order valence-corrected chi connectivity index (χ1v) is 8.08. The third kappa shape index (κ3) is 2.93. The van der Waals surface area contributed by atoms with E-state index in [1.54, 1.807) is 0 Å². The quantitative estimate of drug-likeness (QED) is 0.730. The number of anilines is 1. The predicted octanol–water partition coefficient (Wildman–Crippen LogP) is 4.00. The van der Waals surface area contributed by atoms with Crippen molar-refractivity contribution >= 4 is 16.7 Å². The van der Waals surface area contributed by atoms with Crippen LogP contribution in [-0.4, -0.2) is 20.8 Å². The number of aryl methyl sites for hydroxylation is 3. The lowest BCUT2D eigenvalue weighted by Crippen LogP contribution is -2.30. The lowest BCUT2D eigenvalue weighted by molar-refractivity contribution is 0.679. The van der Waals surface area contributed by atoms with Crippen LogP contribution in [0.3, 0.4) is 0 Å². The number of hydrogen-bond acceptors (Lipinski definition) is 3. The molecular formula is C19H24N4. The molecule has 0 bridgehead atoms. The number of benzene rings is 1. The van der Waals surface area contributed by atoms with Gasteiger partial charge in [-0.05, 0) is 51.0 Å². The van der Waals surface area contributed by atoms with Crippen LogP contribution in [0.15, 0.2) is 36.5 Å². The maximum Gasteiger partial charge on any atom is 0.157 e. The first kappa shape index (κ1) is 15.5. The number of nitrogens with zero attached hydrogens (tertiary/aromatic N) is 4. The van der Waals surface area contributed by atoms with Crippen molar-refractivity contribution in [1.29, 1.82) is 0 Å². The molecule has 0 saturated carbocycles. The second kappa shape index (κ2) is 6.03. The van der Waals surface area contributed by atoms with Crippen molar-refractivity contribution in [1.82, 2.24) is 14.8 Å². The van der Waals surface area contributed by atoms with Gasteiger partial charge in [0, 0.05) is 36.9 Å². The van der Waals surface area contributed by atoms with Gasteiger partial charge in [0.15, 0.2) is 5.65 Å². The van der Waals surface area contributed by atoms with E-state index in [0.29, 0.717) is 6.04 Å². The minimum Gasteiger partial charge on any atom is -0.365 e. The van der Waals surface area contributed by atoms with E-state index in [-0.39, 0.29) is 0 Å². The molecule has 2 heterocycles. The zero-order valence-corrected chi connectivity index (χ0v) is 14.5. The zero-order valence-electron chi connectivity index (χ0n) is 14.5. The molecule has 0 unspecified atom stereocenters. The monoisotopic (exact) mass is 308 g/mol. The Bertz CT molecular complexity index is 833. The van der Waals surface area contributed by atoms with E-state index in [0.717, 1.165) is 23.3 Å². The van der Waals surface area contributed by atoms with Gasteiger partial charge in [-0.1, -0.05) is 18.2 Å². The Morgan fingerprint density at radius 1 is 1.17 bits per heavy atom. The number of aromatic nitrogens is 3. The smallest absolute Gasteiger partial charge is 0.157 e. The average molecular weight is 308 g/mol. The van der Waals surface area contributed by atoms with Crippen LogP contribution in [0.4, 0.5) is 5.69 Å². The molecule has 23 heavy (non-hydrogen) atoms. The Morgan fingerprint density at radius 3 is 2.61 bits per heavy atom. The molecule has 0 amide bonds. The molecule has 0 aliphatic carbocycles. The van der Waals surface area contributed by atoms with Gasteiger partial charge in [-0.15, -0.1) is 0 Å². The van der Waals surface area contributed by atoms with Crippen molar-refractivity contribution in [3.05, 3.63) is 53.3 Å². The summed E-state index contributed by atoms with van der Waals surface area (Å²) in [5.41, 5.74) is 5.77. The molecule has 3 rings (SSSR count). The Labute approximate surface area is 137 Å². The lowest BCUT2D eigenvalue weighted by Gasteiger charge is -2.30. The molecule has 4 heteroatoms. The largest absolute Gasteiger partial charge is 0.365 e. The summed E-state index contributed by atoms with van der Waals surface area (Å²) in [5, 5.41) is 5.60. The number of pyridine rings is 1. The Hall–Kier alpha value is -2.36. The SMILES string of the molecule is Cc1ccccc1N(Cc1cnc2c(c1)c(C)nn2C)C(C)C. The van der Waals surface area contributed by atoms with Crippen LogP contribution in [0.25, 0.3) is 11.0 Å². The van der Waals surface area contributed by atoms with Crippen molar-refractivity contribution in [2.24, 2.45) is 7.05 Å². The first-order valence-electron chi connectivity index (χ1n) is 8.08. The molecule has 0 N–H and O–H groups in total. The number of fused-ring (bicyclic) bond motifs is 1. The highest BCUT2D eigenvalue weighted by atomic mass is 15.3. The minimum absolute atomic E-state index is 0.418. The van der Waals surface area contributed by atoms with Gasteiger partial charge >= 0.3 is 0 Å². The van der Waals surface area contributed by atoms with Gasteiger partial charge in [-0.25, -0.2) is 4.98 Å². The van der Waals surface area contributed by atoms with Gasteiger partial charge in [-0.2, -0.15) is 5.10 Å². The van der Waals surface area contributed by atoms with E-state index in [1.165, 1.54) is 16.8 Å². The molecule has 0 aliphatic rings. The summed E-state index contributed by atoms with van der Waals surface area (Å²) in [6, 6.07) is 11.2. The fourth-order valence-electron chi connectivity index (χ4n) is 3.07. The van der Waals surface area contributed by atoms with Gasteiger partial charge < -0.3 is 4.90 Å². The molecule has 1 aromatic carbocycles. The Kier molecular flexibility index (Phi) is 4.07. The molecule has 0 atom stereocenters. The van der Waals surface area contributed by atoms with Crippen LogP contribution in [-0.2, 0) is 13.6 Å². The molecule has 0 aliphatic heterocycles. The molecule has 0 radical (unpaired) electrons. The van der Waals surface area contributed by atoms with Crippen molar-refractivity contribution < 1.29 is 0 Å². The van der Waals surface area contributed by atoms with E-state index in [9.17, 15) is 0 Å². The normalized spacial score (nSPS) is 11.4. The summed E-state index contributed by atoms with van der Waals surface area (Å²) < 4.78 is 1.84. The van der Waals surface area contributed by atoms with Gasteiger partial charge in [0.1, 0.15) is 0 Å². The second-order valence-corrected chi connectivity index (χ2v) is 6.43. The maximum absolute atomic E-state index is 4.60. The summed E-state index contributed by atoms with van der Waals surface area (Å²) in [6.45, 7) is 9.51. The average Bonchev–Trinajstić information content (AvgIpc) is 2.80. The zero-order chi connectivity index (χ0) is 16.6. The van der Waals surface area contributed by atoms with Gasteiger partial charge in [-0.3, -0.25) is 4.68 Å². The van der Waals surface area contributed by atoms with Crippen molar-refractivity contribution in [3.63, 3.8) is 0 Å². The highest BCUT2D eigenvalue weighted by Gasteiger charge is 2.15. The summed E-state index contributed by atoms with van der Waals surface area (Å²) in [6.07, 6.45) is 1.97. The van der Waals surface area contributed by atoms with Crippen molar-refractivity contribution in [2.75, 3.05) is 4.90 Å². The third-order valence-corrected chi connectivity index (χ3v) is 4.32. The Morgan fingerprint density at radius 2 is 1.91 bits per heavy atom. The van der Waals surface area contributed by atoms with Gasteiger partial charge in [0.25, 0.3) is 0 Å². The molecule has 3 aromatic rings. The maximum atomic E-state index is 4.60. The number of rotatable bonds is 4. The second-order valence-electron chi connectivity index (χ2n) is 6.43. The molecule has 0 spiro atoms. The molecule has 4 nitrogen and oxygen atoms in total. The van der Waals surface area contributed by atoms with E-state index in [2.05, 4.69) is 66.1 Å². The number of hydrogen-bond donors (Lipinski definition) is 0. The predicted molar refractivity (Wildman–Crippen MR) is 95.7 cm³/mol. The Balaban J connectivity index is 1.98. The number of para-hydroxylation sites is 1. The molecule has 0 fully saturated rings. The van der Waals surface area contributed by atoms with Gasteiger partial charge in [0.05, 0.1) is 5.69 Å².